The van der Waals surface area contributed by atoms with Gasteiger partial charge in [-0.2, -0.15) is 0 Å². The standard InChI is InChI=1S/C26H43N5O/c1-18(11-15-31-17-30(6)23-21(31)22(27)28-16-29-23)8-9-20-25(4)13-7-12-24(2,3)19(25)10-14-26(20,5)32/h11,16,19-20,32H,7-10,12-15,17H2,1-6H3,(H2,27,28,29)/b18-11+/t19-,20+,25-,26-/m1/s1. The van der Waals surface area contributed by atoms with E-state index >= 15 is 0 Å². The summed E-state index contributed by atoms with van der Waals surface area (Å²) in [4.78, 5) is 12.9. The number of aliphatic hydroxyl groups is 1. The van der Waals surface area contributed by atoms with Crippen molar-refractivity contribution >= 4 is 17.3 Å². The molecule has 32 heavy (non-hydrogen) atoms. The fourth-order valence-electron chi connectivity index (χ4n) is 7.51. The van der Waals surface area contributed by atoms with Crippen molar-refractivity contribution in [3.8, 4) is 0 Å². The quantitative estimate of drug-likeness (QED) is 0.627. The molecule has 2 aliphatic carbocycles. The topological polar surface area (TPSA) is 78.5 Å². The zero-order chi connectivity index (χ0) is 23.3. The van der Waals surface area contributed by atoms with Crippen LogP contribution in [0.1, 0.15) is 79.6 Å². The van der Waals surface area contributed by atoms with Gasteiger partial charge in [0.1, 0.15) is 12.0 Å². The molecule has 0 bridgehead atoms. The molecule has 3 aliphatic rings. The maximum absolute atomic E-state index is 11.4. The SMILES string of the molecule is C/C(=C\CN1CN(C)c2ncnc(N)c21)CC[C@H]1[C@]2(C)CCCC(C)(C)[C@H]2CC[C@@]1(C)O. The molecule has 178 valence electrons. The second kappa shape index (κ2) is 8.19. The monoisotopic (exact) mass is 441 g/mol. The van der Waals surface area contributed by atoms with Crippen LogP contribution in [0.25, 0.3) is 0 Å². The normalized spacial score (nSPS) is 34.4. The number of fused-ring (bicyclic) bond motifs is 2. The molecule has 1 aromatic heterocycles. The maximum atomic E-state index is 11.4. The molecule has 0 radical (unpaired) electrons. The highest BCUT2D eigenvalue weighted by atomic mass is 16.3. The molecule has 6 heteroatoms. The van der Waals surface area contributed by atoms with E-state index in [1.165, 1.54) is 31.2 Å². The first-order valence-electron chi connectivity index (χ1n) is 12.4. The van der Waals surface area contributed by atoms with Crippen molar-refractivity contribution in [2.75, 3.05) is 35.8 Å². The molecule has 0 aromatic carbocycles. The Morgan fingerprint density at radius 2 is 1.97 bits per heavy atom. The number of anilines is 3. The van der Waals surface area contributed by atoms with Crippen molar-refractivity contribution < 1.29 is 5.11 Å². The molecule has 0 amide bonds. The van der Waals surface area contributed by atoms with Gasteiger partial charge < -0.3 is 20.6 Å². The summed E-state index contributed by atoms with van der Waals surface area (Å²) in [6, 6.07) is 0. The summed E-state index contributed by atoms with van der Waals surface area (Å²) in [5.41, 5.74) is 8.51. The van der Waals surface area contributed by atoms with Crippen molar-refractivity contribution in [1.82, 2.24) is 9.97 Å². The van der Waals surface area contributed by atoms with E-state index in [0.29, 0.717) is 23.1 Å². The fraction of sp³-hybridized carbons (Fsp3) is 0.769. The second-order valence-corrected chi connectivity index (χ2v) is 11.9. The number of allylic oxidation sites excluding steroid dienone is 1. The molecule has 6 nitrogen and oxygen atoms in total. The molecule has 0 unspecified atom stereocenters. The Hall–Kier alpha value is -1.82. The molecule has 0 saturated heterocycles. The number of hydrogen-bond acceptors (Lipinski definition) is 6. The predicted molar refractivity (Wildman–Crippen MR) is 133 cm³/mol. The lowest BCUT2D eigenvalue weighted by Gasteiger charge is -2.61. The highest BCUT2D eigenvalue weighted by Gasteiger charge is 2.57. The van der Waals surface area contributed by atoms with Gasteiger partial charge in [0.05, 0.1) is 12.3 Å². The zero-order valence-corrected chi connectivity index (χ0v) is 21.0. The van der Waals surface area contributed by atoms with Gasteiger partial charge in [0.15, 0.2) is 11.6 Å². The van der Waals surface area contributed by atoms with Crippen LogP contribution in [0.2, 0.25) is 0 Å². The van der Waals surface area contributed by atoms with Crippen molar-refractivity contribution in [3.63, 3.8) is 0 Å². The van der Waals surface area contributed by atoms with Gasteiger partial charge in [-0.05, 0) is 75.0 Å². The van der Waals surface area contributed by atoms with Gasteiger partial charge in [-0.3, -0.25) is 0 Å². The van der Waals surface area contributed by atoms with Gasteiger partial charge in [-0.1, -0.05) is 38.8 Å². The summed E-state index contributed by atoms with van der Waals surface area (Å²) < 4.78 is 0. The molecular weight excluding hydrogens is 398 g/mol. The van der Waals surface area contributed by atoms with Crippen LogP contribution >= 0.6 is 0 Å². The number of aromatic nitrogens is 2. The molecule has 3 N–H and O–H groups in total. The predicted octanol–water partition coefficient (Wildman–Crippen LogP) is 4.99. The van der Waals surface area contributed by atoms with Crippen LogP contribution in [-0.2, 0) is 0 Å². The molecule has 4 atom stereocenters. The number of nitrogens with zero attached hydrogens (tertiary/aromatic N) is 4. The minimum absolute atomic E-state index is 0.228. The molecular formula is C26H43N5O. The first-order valence-corrected chi connectivity index (χ1v) is 12.4. The molecule has 2 heterocycles. The highest BCUT2D eigenvalue weighted by Crippen LogP contribution is 2.63. The molecule has 2 saturated carbocycles. The molecule has 4 rings (SSSR count). The lowest BCUT2D eigenvalue weighted by atomic mass is 9.45. The Kier molecular flexibility index (Phi) is 5.98. The third kappa shape index (κ3) is 4.00. The van der Waals surface area contributed by atoms with E-state index in [-0.39, 0.29) is 5.41 Å². The summed E-state index contributed by atoms with van der Waals surface area (Å²) in [7, 11) is 2.04. The van der Waals surface area contributed by atoms with Crippen LogP contribution in [0.3, 0.4) is 0 Å². The van der Waals surface area contributed by atoms with Gasteiger partial charge >= 0.3 is 0 Å². The third-order valence-corrected chi connectivity index (χ3v) is 9.14. The van der Waals surface area contributed by atoms with Crippen LogP contribution < -0.4 is 15.5 Å². The van der Waals surface area contributed by atoms with E-state index in [0.717, 1.165) is 50.4 Å². The minimum Gasteiger partial charge on any atom is -0.390 e. The van der Waals surface area contributed by atoms with Crippen LogP contribution in [0.5, 0.6) is 0 Å². The van der Waals surface area contributed by atoms with Gasteiger partial charge in [-0.25, -0.2) is 9.97 Å². The van der Waals surface area contributed by atoms with E-state index < -0.39 is 5.60 Å². The average molecular weight is 442 g/mol. The van der Waals surface area contributed by atoms with Crippen molar-refractivity contribution in [3.05, 3.63) is 18.0 Å². The van der Waals surface area contributed by atoms with E-state index in [2.05, 4.69) is 60.5 Å². The molecule has 2 fully saturated rings. The fourth-order valence-corrected chi connectivity index (χ4v) is 7.51. The van der Waals surface area contributed by atoms with Gasteiger partial charge in [0.25, 0.3) is 0 Å². The Bertz CT molecular complexity index is 879. The number of hydrogen-bond donors (Lipinski definition) is 2. The van der Waals surface area contributed by atoms with Gasteiger partial charge in [-0.15, -0.1) is 0 Å². The van der Waals surface area contributed by atoms with E-state index in [1.54, 1.807) is 0 Å². The summed E-state index contributed by atoms with van der Waals surface area (Å²) in [6.07, 6.45) is 11.9. The first-order chi connectivity index (χ1) is 15.0. The summed E-state index contributed by atoms with van der Waals surface area (Å²) in [6.45, 7) is 13.3. The van der Waals surface area contributed by atoms with Crippen molar-refractivity contribution in [2.45, 2.75) is 85.2 Å². The van der Waals surface area contributed by atoms with E-state index in [1.807, 2.05) is 7.05 Å². The number of nitrogen functional groups attached to an aromatic ring is 1. The minimum atomic E-state index is -0.568. The third-order valence-electron chi connectivity index (χ3n) is 9.14. The number of nitrogens with two attached hydrogens (primary N) is 1. The second-order valence-electron chi connectivity index (χ2n) is 11.9. The lowest BCUT2D eigenvalue weighted by molar-refractivity contribution is -0.168. The molecule has 0 spiro atoms. The van der Waals surface area contributed by atoms with Crippen LogP contribution in [0.4, 0.5) is 17.3 Å². The van der Waals surface area contributed by atoms with Crippen LogP contribution in [-0.4, -0.2) is 40.9 Å². The molecule has 1 aromatic rings. The average Bonchev–Trinajstić information content (AvgIpc) is 3.02. The van der Waals surface area contributed by atoms with Crippen molar-refractivity contribution in [1.29, 1.82) is 0 Å². The summed E-state index contributed by atoms with van der Waals surface area (Å²) in [5.74, 6) is 2.50. The Morgan fingerprint density at radius 1 is 1.22 bits per heavy atom. The Morgan fingerprint density at radius 3 is 2.72 bits per heavy atom. The summed E-state index contributed by atoms with van der Waals surface area (Å²) in [5, 5.41) is 11.4. The Labute approximate surface area is 194 Å². The molecule has 1 aliphatic heterocycles. The lowest BCUT2D eigenvalue weighted by Crippen LogP contribution is -2.57. The van der Waals surface area contributed by atoms with Crippen molar-refractivity contribution in [2.24, 2.45) is 22.7 Å². The number of rotatable bonds is 5. The zero-order valence-electron chi connectivity index (χ0n) is 21.0. The summed E-state index contributed by atoms with van der Waals surface area (Å²) >= 11 is 0. The first kappa shape index (κ1) is 23.3. The van der Waals surface area contributed by atoms with Gasteiger partial charge in [0, 0.05) is 13.6 Å². The van der Waals surface area contributed by atoms with Crippen LogP contribution in [0, 0.1) is 22.7 Å². The van der Waals surface area contributed by atoms with Gasteiger partial charge in [0.2, 0.25) is 0 Å². The van der Waals surface area contributed by atoms with E-state index in [4.69, 9.17) is 5.73 Å². The Balaban J connectivity index is 1.45. The largest absolute Gasteiger partial charge is 0.390 e. The van der Waals surface area contributed by atoms with Crippen LogP contribution in [0.15, 0.2) is 18.0 Å². The smallest absolute Gasteiger partial charge is 0.159 e. The van der Waals surface area contributed by atoms with E-state index in [9.17, 15) is 5.11 Å². The maximum Gasteiger partial charge on any atom is 0.159 e. The highest BCUT2D eigenvalue weighted by molar-refractivity contribution is 5.81.